The summed E-state index contributed by atoms with van der Waals surface area (Å²) in [6, 6.07) is 7.71. The topological polar surface area (TPSA) is 58.6 Å². The van der Waals surface area contributed by atoms with Crippen LogP contribution in [0.25, 0.3) is 0 Å². The monoisotopic (exact) mass is 382 g/mol. The molecule has 0 aliphatic heterocycles. The molecule has 26 heavy (non-hydrogen) atoms. The molecule has 0 unspecified atom stereocenters. The third-order valence-corrected chi connectivity index (χ3v) is 3.85. The Kier molecular flexibility index (Phi) is 6.52. The summed E-state index contributed by atoms with van der Waals surface area (Å²) in [5, 5.41) is 2.99. The number of halogens is 3. The number of nitrogens with one attached hydrogen (secondary N) is 1. The van der Waals surface area contributed by atoms with Gasteiger partial charge < -0.3 is 15.0 Å². The van der Waals surface area contributed by atoms with E-state index in [9.17, 15) is 18.4 Å². The summed E-state index contributed by atoms with van der Waals surface area (Å²) in [6.45, 7) is 1.60. The minimum Gasteiger partial charge on any atom is -0.495 e. The summed E-state index contributed by atoms with van der Waals surface area (Å²) in [4.78, 5) is 25.4. The molecule has 0 spiro atoms. The van der Waals surface area contributed by atoms with Crippen molar-refractivity contribution in [1.82, 2.24) is 5.32 Å². The maximum absolute atomic E-state index is 13.2. The van der Waals surface area contributed by atoms with Crippen LogP contribution in [0, 0.1) is 11.6 Å². The van der Waals surface area contributed by atoms with Crippen molar-refractivity contribution in [2.24, 2.45) is 0 Å². The lowest BCUT2D eigenvalue weighted by Crippen LogP contribution is -2.37. The molecule has 0 fully saturated rings. The minimum atomic E-state index is -1.10. The summed E-state index contributed by atoms with van der Waals surface area (Å²) in [7, 11) is 1.47. The Morgan fingerprint density at radius 2 is 1.88 bits per heavy atom. The number of nitrogens with zero attached hydrogens (tertiary/aromatic N) is 1. The van der Waals surface area contributed by atoms with Crippen LogP contribution in [0.2, 0.25) is 5.02 Å². The van der Waals surface area contributed by atoms with Gasteiger partial charge in [-0.15, -0.1) is 0 Å². The highest BCUT2D eigenvalue weighted by Gasteiger charge is 2.17. The molecule has 0 heterocycles. The number of ether oxygens (including phenoxy) is 1. The molecule has 8 heteroatoms. The summed E-state index contributed by atoms with van der Waals surface area (Å²) < 4.78 is 31.4. The first-order valence-electron chi connectivity index (χ1n) is 7.68. The molecule has 0 atom stereocenters. The number of amides is 2. The van der Waals surface area contributed by atoms with Gasteiger partial charge >= 0.3 is 0 Å². The average molecular weight is 383 g/mol. The van der Waals surface area contributed by atoms with Gasteiger partial charge in [-0.3, -0.25) is 9.59 Å². The van der Waals surface area contributed by atoms with E-state index >= 15 is 0 Å². The van der Waals surface area contributed by atoms with Crippen molar-refractivity contribution in [1.29, 1.82) is 0 Å². The first-order valence-corrected chi connectivity index (χ1v) is 8.06. The van der Waals surface area contributed by atoms with Crippen molar-refractivity contribution in [3.63, 3.8) is 0 Å². The van der Waals surface area contributed by atoms with Gasteiger partial charge in [0.05, 0.1) is 12.8 Å². The fourth-order valence-corrected chi connectivity index (χ4v) is 2.51. The van der Waals surface area contributed by atoms with Gasteiger partial charge in [0, 0.05) is 30.6 Å². The Hall–Kier alpha value is -2.67. The Morgan fingerprint density at radius 1 is 1.15 bits per heavy atom. The first kappa shape index (κ1) is 19.7. The smallest absolute Gasteiger partial charge is 0.251 e. The molecule has 1 N–H and O–H groups in total. The molecule has 5 nitrogen and oxygen atoms in total. The zero-order chi connectivity index (χ0) is 19.3. The SMILES string of the molecule is COc1ccc(Cl)cc1N(CCNC(=O)c1ccc(F)c(F)c1)C(C)=O. The second-order valence-electron chi connectivity index (χ2n) is 5.37. The largest absolute Gasteiger partial charge is 0.495 e. The van der Waals surface area contributed by atoms with Crippen LogP contribution in [0.4, 0.5) is 14.5 Å². The van der Waals surface area contributed by atoms with Gasteiger partial charge in [-0.05, 0) is 36.4 Å². The van der Waals surface area contributed by atoms with Crippen molar-refractivity contribution in [3.05, 3.63) is 58.6 Å². The van der Waals surface area contributed by atoms with Crippen LogP contribution in [0.5, 0.6) is 5.75 Å². The van der Waals surface area contributed by atoms with E-state index in [1.807, 2.05) is 0 Å². The Labute approximate surface area is 154 Å². The number of hydrogen-bond acceptors (Lipinski definition) is 3. The maximum Gasteiger partial charge on any atom is 0.251 e. The van der Waals surface area contributed by atoms with E-state index < -0.39 is 17.5 Å². The van der Waals surface area contributed by atoms with Gasteiger partial charge in [-0.2, -0.15) is 0 Å². The van der Waals surface area contributed by atoms with Gasteiger partial charge in [0.15, 0.2) is 11.6 Å². The van der Waals surface area contributed by atoms with Crippen LogP contribution in [0.1, 0.15) is 17.3 Å². The number of anilines is 1. The van der Waals surface area contributed by atoms with Crippen molar-refractivity contribution in [2.45, 2.75) is 6.92 Å². The summed E-state index contributed by atoms with van der Waals surface area (Å²) in [5.41, 5.74) is 0.452. The van der Waals surface area contributed by atoms with E-state index in [4.69, 9.17) is 16.3 Å². The molecule has 0 aliphatic carbocycles. The van der Waals surface area contributed by atoms with Crippen molar-refractivity contribution >= 4 is 29.1 Å². The van der Waals surface area contributed by atoms with Crippen LogP contribution >= 0.6 is 11.6 Å². The van der Waals surface area contributed by atoms with Crippen LogP contribution in [0.3, 0.4) is 0 Å². The fraction of sp³-hybridized carbons (Fsp3) is 0.222. The molecule has 0 radical (unpaired) electrons. The molecule has 0 aromatic heterocycles. The third kappa shape index (κ3) is 4.70. The molecule has 0 aliphatic rings. The molecule has 0 bridgehead atoms. The van der Waals surface area contributed by atoms with Crippen molar-refractivity contribution in [2.75, 3.05) is 25.1 Å². The lowest BCUT2D eigenvalue weighted by Gasteiger charge is -2.23. The molecule has 2 aromatic carbocycles. The standard InChI is InChI=1S/C18H17ClF2N2O3/c1-11(24)23(16-10-13(19)4-6-17(16)26-2)8-7-22-18(25)12-3-5-14(20)15(21)9-12/h3-6,9-10H,7-8H2,1-2H3,(H,22,25). The maximum atomic E-state index is 13.2. The highest BCUT2D eigenvalue weighted by molar-refractivity contribution is 6.31. The van der Waals surface area contributed by atoms with Crippen LogP contribution < -0.4 is 15.0 Å². The summed E-state index contributed by atoms with van der Waals surface area (Å²) >= 11 is 5.99. The Morgan fingerprint density at radius 3 is 2.50 bits per heavy atom. The lowest BCUT2D eigenvalue weighted by atomic mass is 10.2. The van der Waals surface area contributed by atoms with Gasteiger partial charge in [0.2, 0.25) is 5.91 Å². The van der Waals surface area contributed by atoms with Crippen LogP contribution in [0.15, 0.2) is 36.4 Å². The predicted molar refractivity (Wildman–Crippen MR) is 94.7 cm³/mol. The summed E-state index contributed by atoms with van der Waals surface area (Å²) in [5.74, 6) is -2.53. The zero-order valence-corrected chi connectivity index (χ0v) is 14.9. The fourth-order valence-electron chi connectivity index (χ4n) is 2.34. The molecule has 0 saturated heterocycles. The Balaban J connectivity index is 2.07. The van der Waals surface area contributed by atoms with Crippen LogP contribution in [-0.2, 0) is 4.79 Å². The molecule has 2 amide bonds. The molecule has 0 saturated carbocycles. The number of carbonyl (C=O) groups excluding carboxylic acids is 2. The second kappa shape index (κ2) is 8.62. The molecule has 2 rings (SSSR count). The van der Waals surface area contributed by atoms with E-state index in [0.717, 1.165) is 12.1 Å². The molecular formula is C18H17ClF2N2O3. The summed E-state index contributed by atoms with van der Waals surface area (Å²) in [6.07, 6.45) is 0. The first-order chi connectivity index (χ1) is 12.3. The van der Waals surface area contributed by atoms with Gasteiger partial charge in [-0.25, -0.2) is 8.78 Å². The third-order valence-electron chi connectivity index (χ3n) is 3.61. The van der Waals surface area contributed by atoms with Gasteiger partial charge in [-0.1, -0.05) is 11.6 Å². The van der Waals surface area contributed by atoms with Crippen LogP contribution in [-0.4, -0.2) is 32.0 Å². The molecular weight excluding hydrogens is 366 g/mol. The average Bonchev–Trinajstić information content (AvgIpc) is 2.60. The predicted octanol–water partition coefficient (Wildman–Crippen LogP) is 3.41. The highest BCUT2D eigenvalue weighted by atomic mass is 35.5. The zero-order valence-electron chi connectivity index (χ0n) is 14.2. The Bertz CT molecular complexity index is 830. The number of benzene rings is 2. The minimum absolute atomic E-state index is 0.0152. The highest BCUT2D eigenvalue weighted by Crippen LogP contribution is 2.31. The number of rotatable bonds is 6. The number of methoxy groups -OCH3 is 1. The van der Waals surface area contributed by atoms with Gasteiger partial charge in [0.25, 0.3) is 5.91 Å². The van der Waals surface area contributed by atoms with Crippen molar-refractivity contribution < 1.29 is 23.1 Å². The lowest BCUT2D eigenvalue weighted by molar-refractivity contribution is -0.116. The van der Waals surface area contributed by atoms with E-state index in [-0.39, 0.29) is 24.6 Å². The van der Waals surface area contributed by atoms with Crippen molar-refractivity contribution in [3.8, 4) is 5.75 Å². The second-order valence-corrected chi connectivity index (χ2v) is 5.81. The normalized spacial score (nSPS) is 10.3. The number of carbonyl (C=O) groups is 2. The number of hydrogen-bond donors (Lipinski definition) is 1. The molecule has 138 valence electrons. The van der Waals surface area contributed by atoms with E-state index in [1.165, 1.54) is 25.0 Å². The quantitative estimate of drug-likeness (QED) is 0.833. The van der Waals surface area contributed by atoms with E-state index in [1.54, 1.807) is 18.2 Å². The molecule has 2 aromatic rings. The van der Waals surface area contributed by atoms with E-state index in [2.05, 4.69) is 5.32 Å². The van der Waals surface area contributed by atoms with Gasteiger partial charge in [0.1, 0.15) is 5.75 Å². The van der Waals surface area contributed by atoms with E-state index in [0.29, 0.717) is 16.5 Å².